The van der Waals surface area contributed by atoms with Gasteiger partial charge >= 0.3 is 0 Å². The third-order valence-electron chi connectivity index (χ3n) is 9.64. The van der Waals surface area contributed by atoms with Gasteiger partial charge in [-0.1, -0.05) is 26.0 Å². The lowest BCUT2D eigenvalue weighted by Crippen LogP contribution is -2.55. The van der Waals surface area contributed by atoms with E-state index in [0.29, 0.717) is 57.1 Å². The fourth-order valence-electron chi connectivity index (χ4n) is 6.35. The quantitative estimate of drug-likeness (QED) is 0.108. The van der Waals surface area contributed by atoms with Gasteiger partial charge in [-0.3, -0.25) is 14.6 Å². The molecule has 4 unspecified atom stereocenters. The number of anilines is 1. The zero-order valence-electron chi connectivity index (χ0n) is 30.1. The van der Waals surface area contributed by atoms with Gasteiger partial charge in [0.25, 0.3) is 0 Å². The molecule has 1 saturated heterocycles. The van der Waals surface area contributed by atoms with Crippen molar-refractivity contribution in [2.75, 3.05) is 51.0 Å². The lowest BCUT2D eigenvalue weighted by atomic mass is 9.90. The molecule has 0 aromatic heterocycles. The van der Waals surface area contributed by atoms with Gasteiger partial charge in [0.1, 0.15) is 6.04 Å². The van der Waals surface area contributed by atoms with Gasteiger partial charge in [-0.05, 0) is 96.1 Å². The number of fused-ring (bicyclic) bond motifs is 1. The predicted molar refractivity (Wildman–Crippen MR) is 191 cm³/mol. The third kappa shape index (κ3) is 11.6. The lowest BCUT2D eigenvalue weighted by Gasteiger charge is -2.39. The Morgan fingerprint density at radius 1 is 1.12 bits per heavy atom. The average molecular weight is 693 g/mol. The van der Waals surface area contributed by atoms with Gasteiger partial charge < -0.3 is 36.5 Å². The summed E-state index contributed by atoms with van der Waals surface area (Å²) in [6, 6.07) is 4.63. The van der Waals surface area contributed by atoms with Gasteiger partial charge in [-0.15, -0.1) is 0 Å². The molecule has 13 heteroatoms. The number of nitrogens with zero attached hydrogens (tertiary/aromatic N) is 2. The second-order valence-electron chi connectivity index (χ2n) is 14.9. The van der Waals surface area contributed by atoms with Crippen LogP contribution < -0.4 is 22.1 Å². The summed E-state index contributed by atoms with van der Waals surface area (Å²) in [4.78, 5) is 33.8. The van der Waals surface area contributed by atoms with Crippen molar-refractivity contribution in [2.45, 2.75) is 109 Å². The SMILES string of the molecule is COC(C)(C)CCOC(C)(C)CCNC(=O)C1CC(C)CCN1C(=O)C(CCCN=C(N)N)CS(=O)(=O)c1cccc2c1NCC(C)C2. The van der Waals surface area contributed by atoms with Crippen molar-refractivity contribution < 1.29 is 27.5 Å². The number of piperidine rings is 1. The standard InChI is InChI=1S/C35H60N6O6S/c1-24-13-18-41(28(21-24)31(42)38-17-14-35(5,6)47-19-15-34(3,4)46-7)32(43)27(11-9-16-39-33(36)37)23-48(44,45)29-12-8-10-26-20-25(2)22-40-30(26)29/h8,10,12,24-25,27-28,40H,9,11,13-23H2,1-7H3,(H,38,42)(H4,36,37,39). The molecule has 272 valence electrons. The molecule has 2 aliphatic rings. The number of guanidine groups is 1. The van der Waals surface area contributed by atoms with Crippen LogP contribution in [0.25, 0.3) is 0 Å². The first-order valence-corrected chi connectivity index (χ1v) is 19.0. The van der Waals surface area contributed by atoms with Crippen LogP contribution >= 0.6 is 0 Å². The minimum absolute atomic E-state index is 0.0594. The highest BCUT2D eigenvalue weighted by molar-refractivity contribution is 7.91. The van der Waals surface area contributed by atoms with Crippen LogP contribution in [0.3, 0.4) is 0 Å². The van der Waals surface area contributed by atoms with Gasteiger partial charge in [-0.25, -0.2) is 8.42 Å². The van der Waals surface area contributed by atoms with Crippen molar-refractivity contribution >= 4 is 33.3 Å². The van der Waals surface area contributed by atoms with Gasteiger partial charge in [0, 0.05) is 33.3 Å². The Balaban J connectivity index is 1.75. The molecule has 48 heavy (non-hydrogen) atoms. The number of para-hydroxylation sites is 1. The Morgan fingerprint density at radius 3 is 2.54 bits per heavy atom. The van der Waals surface area contributed by atoms with E-state index in [1.807, 2.05) is 33.8 Å². The van der Waals surface area contributed by atoms with E-state index >= 15 is 0 Å². The molecule has 0 saturated carbocycles. The maximum Gasteiger partial charge on any atom is 0.242 e. The number of nitrogens with two attached hydrogens (primary N) is 2. The Kier molecular flexibility index (Phi) is 14.1. The van der Waals surface area contributed by atoms with E-state index in [1.54, 1.807) is 24.1 Å². The number of nitrogens with one attached hydrogen (secondary N) is 2. The highest BCUT2D eigenvalue weighted by Gasteiger charge is 2.39. The summed E-state index contributed by atoms with van der Waals surface area (Å²) in [5, 5.41) is 6.35. The largest absolute Gasteiger partial charge is 0.383 e. The number of ether oxygens (including phenoxy) is 2. The Labute approximate surface area is 288 Å². The Morgan fingerprint density at radius 2 is 1.85 bits per heavy atom. The number of amides is 2. The van der Waals surface area contributed by atoms with E-state index in [1.165, 1.54) is 0 Å². The fourth-order valence-corrected chi connectivity index (χ4v) is 8.17. The second-order valence-corrected chi connectivity index (χ2v) is 17.0. The summed E-state index contributed by atoms with van der Waals surface area (Å²) in [5.41, 5.74) is 11.9. The summed E-state index contributed by atoms with van der Waals surface area (Å²) in [6.45, 7) is 14.4. The number of likely N-dealkylation sites (tertiary alicyclic amines) is 1. The maximum atomic E-state index is 14.3. The molecule has 12 nitrogen and oxygen atoms in total. The molecule has 2 amide bonds. The number of sulfone groups is 1. The summed E-state index contributed by atoms with van der Waals surface area (Å²) in [5.74, 6) is -1.23. The Hall–Kier alpha value is -2.90. The minimum atomic E-state index is -3.87. The zero-order valence-corrected chi connectivity index (χ0v) is 31.0. The van der Waals surface area contributed by atoms with Crippen LogP contribution in [0, 0.1) is 17.8 Å². The number of hydrogen-bond acceptors (Lipinski definition) is 8. The zero-order chi connectivity index (χ0) is 35.7. The number of hydrogen-bond donors (Lipinski definition) is 4. The van der Waals surface area contributed by atoms with Gasteiger partial charge in [0.15, 0.2) is 15.8 Å². The molecule has 0 bridgehead atoms. The maximum absolute atomic E-state index is 14.3. The molecule has 2 heterocycles. The summed E-state index contributed by atoms with van der Waals surface area (Å²) < 4.78 is 39.6. The predicted octanol–water partition coefficient (Wildman–Crippen LogP) is 3.48. The smallest absolute Gasteiger partial charge is 0.242 e. The normalized spacial score (nSPS) is 20.7. The van der Waals surface area contributed by atoms with Crippen LogP contribution in [0.4, 0.5) is 5.69 Å². The molecule has 0 aliphatic carbocycles. The van der Waals surface area contributed by atoms with Gasteiger partial charge in [0.2, 0.25) is 11.8 Å². The van der Waals surface area contributed by atoms with Crippen molar-refractivity contribution in [3.8, 4) is 0 Å². The number of benzene rings is 1. The van der Waals surface area contributed by atoms with Crippen LogP contribution in [0.2, 0.25) is 0 Å². The van der Waals surface area contributed by atoms with E-state index in [0.717, 1.165) is 24.8 Å². The molecule has 4 atom stereocenters. The summed E-state index contributed by atoms with van der Waals surface area (Å²) in [7, 11) is -2.19. The Bertz CT molecular complexity index is 1380. The first-order chi connectivity index (χ1) is 22.4. The molecule has 6 N–H and O–H groups in total. The van der Waals surface area contributed by atoms with Crippen molar-refractivity contribution in [3.63, 3.8) is 0 Å². The van der Waals surface area contributed by atoms with Crippen LogP contribution in [-0.2, 0) is 35.3 Å². The molecular weight excluding hydrogens is 632 g/mol. The molecule has 1 fully saturated rings. The monoisotopic (exact) mass is 692 g/mol. The highest BCUT2D eigenvalue weighted by Crippen LogP contribution is 2.34. The second kappa shape index (κ2) is 17.2. The van der Waals surface area contributed by atoms with Crippen LogP contribution in [-0.4, -0.2) is 94.0 Å². The molecule has 0 spiro atoms. The van der Waals surface area contributed by atoms with Crippen molar-refractivity contribution in [3.05, 3.63) is 23.8 Å². The lowest BCUT2D eigenvalue weighted by molar-refractivity contribution is -0.146. The van der Waals surface area contributed by atoms with E-state index < -0.39 is 27.4 Å². The first kappa shape index (κ1) is 39.5. The number of methoxy groups -OCH3 is 1. The number of rotatable bonds is 17. The van der Waals surface area contributed by atoms with Crippen molar-refractivity contribution in [2.24, 2.45) is 34.2 Å². The van der Waals surface area contributed by atoms with Gasteiger partial charge in [-0.2, -0.15) is 0 Å². The molecule has 1 aromatic carbocycles. The average Bonchev–Trinajstić information content (AvgIpc) is 3.01. The molecule has 1 aromatic rings. The number of carbonyl (C=O) groups is 2. The van der Waals surface area contributed by atoms with E-state index in [4.69, 9.17) is 20.9 Å². The molecular formula is C35H60N6O6S. The van der Waals surface area contributed by atoms with E-state index in [9.17, 15) is 18.0 Å². The number of aliphatic imine (C=N–C) groups is 1. The van der Waals surface area contributed by atoms with Crippen LogP contribution in [0.5, 0.6) is 0 Å². The number of carbonyl (C=O) groups excluding carboxylic acids is 2. The van der Waals surface area contributed by atoms with Crippen LogP contribution in [0.1, 0.15) is 85.6 Å². The van der Waals surface area contributed by atoms with Crippen molar-refractivity contribution in [1.29, 1.82) is 0 Å². The first-order valence-electron chi connectivity index (χ1n) is 17.4. The van der Waals surface area contributed by atoms with Gasteiger partial charge in [0.05, 0.1) is 40.1 Å². The minimum Gasteiger partial charge on any atom is -0.383 e. The fraction of sp³-hybridized carbons (Fsp3) is 0.743. The topological polar surface area (TPSA) is 178 Å². The van der Waals surface area contributed by atoms with Crippen molar-refractivity contribution in [1.82, 2.24) is 10.2 Å². The summed E-state index contributed by atoms with van der Waals surface area (Å²) >= 11 is 0. The van der Waals surface area contributed by atoms with E-state index in [2.05, 4.69) is 29.5 Å². The third-order valence-corrected chi connectivity index (χ3v) is 11.5. The van der Waals surface area contributed by atoms with E-state index in [-0.39, 0.29) is 52.9 Å². The highest BCUT2D eigenvalue weighted by atomic mass is 32.2. The molecule has 0 radical (unpaired) electrons. The molecule has 2 aliphatic heterocycles. The molecule has 3 rings (SSSR count). The summed E-state index contributed by atoms with van der Waals surface area (Å²) in [6.07, 6.45) is 4.03. The van der Waals surface area contributed by atoms with Crippen LogP contribution in [0.15, 0.2) is 28.1 Å².